The molecule has 0 heterocycles. The van der Waals surface area contributed by atoms with Crippen molar-refractivity contribution in [2.24, 2.45) is 0 Å². The molecule has 1 aromatic carbocycles. The maximum atomic E-state index is 11.8. The number of amides is 1. The summed E-state index contributed by atoms with van der Waals surface area (Å²) >= 11 is 0. The third kappa shape index (κ3) is 5.46. The third-order valence-corrected chi connectivity index (χ3v) is 2.63. The lowest BCUT2D eigenvalue weighted by Crippen LogP contribution is -2.25. The normalized spacial score (nSPS) is 10.3. The van der Waals surface area contributed by atoms with Crippen LogP contribution < -0.4 is 10.1 Å². The molecule has 6 nitrogen and oxygen atoms in total. The lowest BCUT2D eigenvalue weighted by Gasteiger charge is -2.08. The molecule has 0 bridgehead atoms. The third-order valence-electron chi connectivity index (χ3n) is 2.63. The number of aromatic hydroxyl groups is 1. The minimum Gasteiger partial charge on any atom is -0.507 e. The molecule has 0 atom stereocenters. The van der Waals surface area contributed by atoms with Crippen LogP contribution in [0.2, 0.25) is 0 Å². The van der Waals surface area contributed by atoms with Crippen molar-refractivity contribution in [3.63, 3.8) is 0 Å². The largest absolute Gasteiger partial charge is 0.507 e. The van der Waals surface area contributed by atoms with E-state index in [-0.39, 0.29) is 17.2 Å². The Morgan fingerprint density at radius 2 is 2.05 bits per heavy atom. The van der Waals surface area contributed by atoms with Gasteiger partial charge in [-0.05, 0) is 18.6 Å². The van der Waals surface area contributed by atoms with Crippen LogP contribution >= 0.6 is 0 Å². The Labute approximate surface area is 118 Å². The maximum absolute atomic E-state index is 11.8. The van der Waals surface area contributed by atoms with Gasteiger partial charge in [0.05, 0.1) is 25.9 Å². The van der Waals surface area contributed by atoms with Gasteiger partial charge in [-0.15, -0.1) is 0 Å². The van der Waals surface area contributed by atoms with Crippen molar-refractivity contribution in [1.29, 1.82) is 0 Å². The summed E-state index contributed by atoms with van der Waals surface area (Å²) in [7, 11) is 3.11. The molecule has 0 aliphatic carbocycles. The van der Waals surface area contributed by atoms with Crippen LogP contribution in [0.4, 0.5) is 0 Å². The van der Waals surface area contributed by atoms with Gasteiger partial charge in [0.25, 0.3) is 5.91 Å². The van der Waals surface area contributed by atoms with Crippen molar-refractivity contribution in [2.45, 2.75) is 6.42 Å². The zero-order valence-electron chi connectivity index (χ0n) is 11.8. The Bertz CT molecular complexity index is 422. The average Bonchev–Trinajstić information content (AvgIpc) is 2.45. The van der Waals surface area contributed by atoms with Crippen molar-refractivity contribution in [3.8, 4) is 11.5 Å². The van der Waals surface area contributed by atoms with Crippen molar-refractivity contribution >= 4 is 5.91 Å². The van der Waals surface area contributed by atoms with Crippen LogP contribution in [0.5, 0.6) is 11.5 Å². The first kappa shape index (κ1) is 16.3. The van der Waals surface area contributed by atoms with E-state index >= 15 is 0 Å². The molecule has 0 fully saturated rings. The summed E-state index contributed by atoms with van der Waals surface area (Å²) in [6.07, 6.45) is 0.701. The SMILES string of the molecule is COCCOCCCNC(=O)c1ccc(OC)cc1O. The molecule has 0 spiro atoms. The molecule has 112 valence electrons. The zero-order chi connectivity index (χ0) is 14.8. The number of hydrogen-bond donors (Lipinski definition) is 2. The number of phenolic OH excluding ortho intramolecular Hbond substituents is 1. The number of methoxy groups -OCH3 is 2. The molecule has 0 aliphatic rings. The summed E-state index contributed by atoms with van der Waals surface area (Å²) in [5.74, 6) is 0.0887. The fourth-order valence-corrected chi connectivity index (χ4v) is 1.55. The van der Waals surface area contributed by atoms with Crippen molar-refractivity contribution in [3.05, 3.63) is 23.8 Å². The number of nitrogens with one attached hydrogen (secondary N) is 1. The number of rotatable bonds is 9. The van der Waals surface area contributed by atoms with Gasteiger partial charge >= 0.3 is 0 Å². The highest BCUT2D eigenvalue weighted by molar-refractivity contribution is 5.96. The standard InChI is InChI=1S/C14H21NO5/c1-18-8-9-20-7-3-6-15-14(17)12-5-4-11(19-2)10-13(12)16/h4-5,10,16H,3,6-9H2,1-2H3,(H,15,17). The predicted molar refractivity (Wildman–Crippen MR) is 74.3 cm³/mol. The number of carbonyl (C=O) groups excluding carboxylic acids is 1. The highest BCUT2D eigenvalue weighted by Crippen LogP contribution is 2.23. The minimum absolute atomic E-state index is 0.0989. The average molecular weight is 283 g/mol. The van der Waals surface area contributed by atoms with Gasteiger partial charge < -0.3 is 24.6 Å². The molecular formula is C14H21NO5. The molecule has 0 radical (unpaired) electrons. The predicted octanol–water partition coefficient (Wildman–Crippen LogP) is 1.18. The van der Waals surface area contributed by atoms with E-state index in [0.29, 0.717) is 38.5 Å². The first-order valence-electron chi connectivity index (χ1n) is 6.41. The van der Waals surface area contributed by atoms with Crippen molar-refractivity contribution in [1.82, 2.24) is 5.32 Å². The fraction of sp³-hybridized carbons (Fsp3) is 0.500. The van der Waals surface area contributed by atoms with Crippen LogP contribution in [0, 0.1) is 0 Å². The lowest BCUT2D eigenvalue weighted by molar-refractivity contribution is 0.0688. The molecule has 0 unspecified atom stereocenters. The first-order chi connectivity index (χ1) is 9.69. The van der Waals surface area contributed by atoms with Gasteiger partial charge in [0.1, 0.15) is 11.5 Å². The van der Waals surface area contributed by atoms with E-state index in [1.54, 1.807) is 13.2 Å². The Kier molecular flexibility index (Phi) is 7.46. The Balaban J connectivity index is 2.29. The Hall–Kier alpha value is -1.79. The molecule has 6 heteroatoms. The van der Waals surface area contributed by atoms with Crippen LogP contribution in [0.25, 0.3) is 0 Å². The van der Waals surface area contributed by atoms with Gasteiger partial charge in [-0.2, -0.15) is 0 Å². The maximum Gasteiger partial charge on any atom is 0.255 e. The number of carbonyl (C=O) groups is 1. The quantitative estimate of drug-likeness (QED) is 0.666. The van der Waals surface area contributed by atoms with Gasteiger partial charge in [-0.3, -0.25) is 4.79 Å². The summed E-state index contributed by atoms with van der Waals surface area (Å²) in [5.41, 5.74) is 0.228. The van der Waals surface area contributed by atoms with Crippen LogP contribution in [-0.2, 0) is 9.47 Å². The zero-order valence-corrected chi connectivity index (χ0v) is 11.8. The fourth-order valence-electron chi connectivity index (χ4n) is 1.55. The monoisotopic (exact) mass is 283 g/mol. The summed E-state index contributed by atoms with van der Waals surface area (Å²) in [6.45, 7) is 2.14. The second kappa shape index (κ2) is 9.17. The van der Waals surface area contributed by atoms with E-state index in [4.69, 9.17) is 14.2 Å². The summed E-state index contributed by atoms with van der Waals surface area (Å²) in [6, 6.07) is 4.56. The molecule has 0 saturated heterocycles. The highest BCUT2D eigenvalue weighted by atomic mass is 16.5. The van der Waals surface area contributed by atoms with E-state index < -0.39 is 0 Å². The Morgan fingerprint density at radius 1 is 1.25 bits per heavy atom. The lowest BCUT2D eigenvalue weighted by atomic mass is 10.2. The summed E-state index contributed by atoms with van der Waals surface area (Å²) < 4.78 is 15.1. The smallest absolute Gasteiger partial charge is 0.255 e. The first-order valence-corrected chi connectivity index (χ1v) is 6.41. The van der Waals surface area contributed by atoms with Crippen molar-refractivity contribution < 1.29 is 24.1 Å². The highest BCUT2D eigenvalue weighted by Gasteiger charge is 2.11. The van der Waals surface area contributed by atoms with Gasteiger partial charge in [-0.25, -0.2) is 0 Å². The molecule has 20 heavy (non-hydrogen) atoms. The number of ether oxygens (including phenoxy) is 3. The van der Waals surface area contributed by atoms with Gasteiger partial charge in [0, 0.05) is 26.3 Å². The number of phenols is 1. The van der Waals surface area contributed by atoms with Crippen LogP contribution in [0.15, 0.2) is 18.2 Å². The molecule has 0 aliphatic heterocycles. The molecule has 1 amide bonds. The topological polar surface area (TPSA) is 77.0 Å². The second-order valence-electron chi connectivity index (χ2n) is 4.10. The molecule has 0 aromatic heterocycles. The van der Waals surface area contributed by atoms with Gasteiger partial charge in [-0.1, -0.05) is 0 Å². The van der Waals surface area contributed by atoms with E-state index in [9.17, 15) is 9.90 Å². The summed E-state index contributed by atoms with van der Waals surface area (Å²) in [4.78, 5) is 11.8. The Morgan fingerprint density at radius 3 is 2.70 bits per heavy atom. The molecular weight excluding hydrogens is 262 g/mol. The van der Waals surface area contributed by atoms with Crippen LogP contribution in [-0.4, -0.2) is 51.6 Å². The van der Waals surface area contributed by atoms with E-state index in [0.717, 1.165) is 0 Å². The molecule has 0 saturated carbocycles. The van der Waals surface area contributed by atoms with E-state index in [2.05, 4.69) is 5.32 Å². The van der Waals surface area contributed by atoms with E-state index in [1.165, 1.54) is 19.2 Å². The van der Waals surface area contributed by atoms with Gasteiger partial charge in [0.2, 0.25) is 0 Å². The second-order valence-corrected chi connectivity index (χ2v) is 4.10. The van der Waals surface area contributed by atoms with Crippen LogP contribution in [0.1, 0.15) is 16.8 Å². The van der Waals surface area contributed by atoms with E-state index in [1.807, 2.05) is 0 Å². The molecule has 1 aromatic rings. The minimum atomic E-state index is -0.318. The molecule has 1 rings (SSSR count). The van der Waals surface area contributed by atoms with Crippen LogP contribution in [0.3, 0.4) is 0 Å². The number of benzene rings is 1. The van der Waals surface area contributed by atoms with Crippen molar-refractivity contribution in [2.75, 3.05) is 40.6 Å². The summed E-state index contributed by atoms with van der Waals surface area (Å²) in [5, 5.41) is 12.4. The number of hydrogen-bond acceptors (Lipinski definition) is 5. The van der Waals surface area contributed by atoms with Gasteiger partial charge in [0.15, 0.2) is 0 Å². The molecule has 2 N–H and O–H groups in total.